The van der Waals surface area contributed by atoms with Crippen molar-refractivity contribution in [3.05, 3.63) is 41.3 Å². The van der Waals surface area contributed by atoms with Crippen LogP contribution in [-0.4, -0.2) is 41.1 Å². The van der Waals surface area contributed by atoms with Gasteiger partial charge in [0.05, 0.1) is 18.1 Å². The van der Waals surface area contributed by atoms with Crippen LogP contribution in [0.3, 0.4) is 0 Å². The van der Waals surface area contributed by atoms with Gasteiger partial charge in [0.2, 0.25) is 11.8 Å². The van der Waals surface area contributed by atoms with E-state index in [4.69, 9.17) is 9.15 Å². The third kappa shape index (κ3) is 5.01. The number of ether oxygens (including phenoxy) is 1. The number of methoxy groups -OCH3 is 1. The van der Waals surface area contributed by atoms with E-state index in [-0.39, 0.29) is 17.4 Å². The first-order valence-electron chi connectivity index (χ1n) is 7.64. The summed E-state index contributed by atoms with van der Waals surface area (Å²) in [6, 6.07) is 7.79. The molecular formula is C17H22N2O4S. The zero-order valence-corrected chi connectivity index (χ0v) is 14.9. The maximum absolute atomic E-state index is 12.2. The summed E-state index contributed by atoms with van der Waals surface area (Å²) < 4.78 is 22.7. The summed E-state index contributed by atoms with van der Waals surface area (Å²) in [6.45, 7) is 4.62. The molecule has 0 aliphatic carbocycles. The lowest BCUT2D eigenvalue weighted by Gasteiger charge is -2.04. The second-order valence-corrected chi connectivity index (χ2v) is 6.87. The Labute approximate surface area is 144 Å². The molecule has 6 nitrogen and oxygen atoms in total. The number of hydrogen-bond donors (Lipinski definition) is 1. The number of oxazole rings is 1. The van der Waals surface area contributed by atoms with Crippen LogP contribution in [0, 0.1) is 13.8 Å². The lowest BCUT2D eigenvalue weighted by atomic mass is 10.1. The van der Waals surface area contributed by atoms with Gasteiger partial charge < -0.3 is 14.5 Å². The largest absolute Gasteiger partial charge is 0.441 e. The van der Waals surface area contributed by atoms with Gasteiger partial charge in [0.15, 0.2) is 0 Å². The Bertz CT molecular complexity index is 727. The van der Waals surface area contributed by atoms with E-state index >= 15 is 0 Å². The Kier molecular flexibility index (Phi) is 6.69. The molecule has 1 aromatic heterocycles. The highest BCUT2D eigenvalue weighted by Gasteiger charge is 2.16. The minimum absolute atomic E-state index is 0.0598. The smallest absolute Gasteiger partial charge is 0.232 e. The first-order chi connectivity index (χ1) is 11.5. The van der Waals surface area contributed by atoms with E-state index in [0.717, 1.165) is 11.1 Å². The molecule has 0 bridgehead atoms. The molecule has 0 spiro atoms. The molecule has 0 fully saturated rings. The molecule has 130 valence electrons. The van der Waals surface area contributed by atoms with Crippen molar-refractivity contribution >= 4 is 16.7 Å². The molecule has 2 aromatic rings. The van der Waals surface area contributed by atoms with Gasteiger partial charge in [0.1, 0.15) is 11.5 Å². The van der Waals surface area contributed by atoms with Gasteiger partial charge in [-0.1, -0.05) is 18.2 Å². The number of nitrogens with one attached hydrogen (secondary N) is 1. The molecule has 0 saturated heterocycles. The van der Waals surface area contributed by atoms with Crippen molar-refractivity contribution in [2.75, 3.05) is 26.0 Å². The van der Waals surface area contributed by atoms with Crippen LogP contribution in [-0.2, 0) is 26.1 Å². The van der Waals surface area contributed by atoms with Gasteiger partial charge in [0.25, 0.3) is 0 Å². The standard InChI is InChI=1S/C17H22N2O4S/c1-12-6-4-5-7-14(12)17-19-15(13(2)23-17)10-24(21)11-16(20)18-8-9-22-3/h4-7H,8-11H2,1-3H3,(H,18,20)/t24-/m0/s1. The van der Waals surface area contributed by atoms with Crippen LogP contribution in [0.25, 0.3) is 11.5 Å². The lowest BCUT2D eigenvalue weighted by molar-refractivity contribution is -0.118. The number of amides is 1. The topological polar surface area (TPSA) is 81.4 Å². The van der Waals surface area contributed by atoms with Crippen molar-refractivity contribution in [3.8, 4) is 11.5 Å². The molecule has 1 heterocycles. The third-order valence-electron chi connectivity index (χ3n) is 3.49. The van der Waals surface area contributed by atoms with Crippen LogP contribution in [0.15, 0.2) is 28.7 Å². The Balaban J connectivity index is 1.99. The SMILES string of the molecule is COCCNC(=O)C[S@@](=O)Cc1nc(-c2ccccc2C)oc1C. The van der Waals surface area contributed by atoms with Crippen molar-refractivity contribution in [1.82, 2.24) is 10.3 Å². The van der Waals surface area contributed by atoms with E-state index < -0.39 is 10.8 Å². The van der Waals surface area contributed by atoms with Gasteiger partial charge >= 0.3 is 0 Å². The average molecular weight is 350 g/mol. The monoisotopic (exact) mass is 350 g/mol. The van der Waals surface area contributed by atoms with Gasteiger partial charge in [-0.2, -0.15) is 0 Å². The second kappa shape index (κ2) is 8.75. The molecule has 1 amide bonds. The van der Waals surface area contributed by atoms with Crippen LogP contribution in [0.2, 0.25) is 0 Å². The Hall–Kier alpha value is -1.99. The van der Waals surface area contributed by atoms with Crippen LogP contribution >= 0.6 is 0 Å². The van der Waals surface area contributed by atoms with Gasteiger partial charge in [0, 0.05) is 30.0 Å². The van der Waals surface area contributed by atoms with Crippen molar-refractivity contribution in [2.24, 2.45) is 0 Å². The zero-order valence-electron chi connectivity index (χ0n) is 14.1. The Morgan fingerprint density at radius 3 is 2.79 bits per heavy atom. The van der Waals surface area contributed by atoms with Gasteiger partial charge in [-0.15, -0.1) is 0 Å². The van der Waals surface area contributed by atoms with E-state index in [1.54, 1.807) is 14.0 Å². The number of nitrogens with zero attached hydrogens (tertiary/aromatic N) is 1. The van der Waals surface area contributed by atoms with E-state index in [2.05, 4.69) is 10.3 Å². The molecule has 1 aromatic carbocycles. The molecule has 1 N–H and O–H groups in total. The van der Waals surface area contributed by atoms with Crippen molar-refractivity contribution in [2.45, 2.75) is 19.6 Å². The fraction of sp³-hybridized carbons (Fsp3) is 0.412. The normalized spacial score (nSPS) is 12.1. The van der Waals surface area contributed by atoms with E-state index in [0.29, 0.717) is 30.5 Å². The molecule has 0 unspecified atom stereocenters. The number of rotatable bonds is 8. The van der Waals surface area contributed by atoms with E-state index in [1.807, 2.05) is 31.2 Å². The molecule has 2 rings (SSSR count). The van der Waals surface area contributed by atoms with E-state index in [9.17, 15) is 9.00 Å². The Morgan fingerprint density at radius 2 is 2.08 bits per heavy atom. The highest BCUT2D eigenvalue weighted by Crippen LogP contribution is 2.25. The first-order valence-corrected chi connectivity index (χ1v) is 9.13. The molecule has 0 radical (unpaired) electrons. The minimum atomic E-state index is -1.34. The molecule has 1 atom stereocenters. The van der Waals surface area contributed by atoms with Crippen LogP contribution in [0.4, 0.5) is 0 Å². The molecule has 0 aliphatic heterocycles. The predicted octanol–water partition coefficient (Wildman–Crippen LogP) is 1.97. The molecule has 0 aliphatic rings. The number of carbonyl (C=O) groups excluding carboxylic acids is 1. The summed E-state index contributed by atoms with van der Waals surface area (Å²) in [6.07, 6.45) is 0. The maximum atomic E-state index is 12.2. The zero-order chi connectivity index (χ0) is 17.5. The van der Waals surface area contributed by atoms with E-state index in [1.165, 1.54) is 0 Å². The van der Waals surface area contributed by atoms with Gasteiger partial charge in [-0.3, -0.25) is 9.00 Å². The minimum Gasteiger partial charge on any atom is -0.441 e. The lowest BCUT2D eigenvalue weighted by Crippen LogP contribution is -2.31. The summed E-state index contributed by atoms with van der Waals surface area (Å²) >= 11 is 0. The summed E-state index contributed by atoms with van der Waals surface area (Å²) in [5.74, 6) is 1.02. The molecule has 7 heteroatoms. The summed E-state index contributed by atoms with van der Waals surface area (Å²) in [5, 5.41) is 2.65. The highest BCUT2D eigenvalue weighted by atomic mass is 32.2. The molecular weight excluding hydrogens is 328 g/mol. The third-order valence-corrected chi connectivity index (χ3v) is 4.67. The van der Waals surface area contributed by atoms with Gasteiger partial charge in [-0.25, -0.2) is 4.98 Å². The maximum Gasteiger partial charge on any atom is 0.232 e. The van der Waals surface area contributed by atoms with Crippen LogP contribution in [0.1, 0.15) is 17.0 Å². The number of aryl methyl sites for hydroxylation is 2. The fourth-order valence-corrected chi connectivity index (χ4v) is 3.25. The number of benzene rings is 1. The van der Waals surface area contributed by atoms with Crippen LogP contribution in [0.5, 0.6) is 0 Å². The number of carbonyl (C=O) groups is 1. The molecule has 0 saturated carbocycles. The fourth-order valence-electron chi connectivity index (χ4n) is 2.18. The second-order valence-electron chi connectivity index (χ2n) is 5.41. The van der Waals surface area contributed by atoms with Crippen molar-refractivity contribution in [1.29, 1.82) is 0 Å². The van der Waals surface area contributed by atoms with Crippen molar-refractivity contribution < 1.29 is 18.2 Å². The van der Waals surface area contributed by atoms with Crippen molar-refractivity contribution in [3.63, 3.8) is 0 Å². The molecule has 24 heavy (non-hydrogen) atoms. The van der Waals surface area contributed by atoms with Crippen LogP contribution < -0.4 is 5.32 Å². The summed E-state index contributed by atoms with van der Waals surface area (Å²) in [4.78, 5) is 16.1. The number of aromatic nitrogens is 1. The highest BCUT2D eigenvalue weighted by molar-refractivity contribution is 7.84. The number of hydrogen-bond acceptors (Lipinski definition) is 5. The quantitative estimate of drug-likeness (QED) is 0.736. The summed E-state index contributed by atoms with van der Waals surface area (Å²) in [5.41, 5.74) is 2.59. The average Bonchev–Trinajstić information content (AvgIpc) is 2.88. The Morgan fingerprint density at radius 1 is 1.33 bits per heavy atom. The first kappa shape index (κ1) is 18.4. The summed E-state index contributed by atoms with van der Waals surface area (Å²) in [7, 11) is 0.219. The predicted molar refractivity (Wildman–Crippen MR) is 93.0 cm³/mol. The van der Waals surface area contributed by atoms with Gasteiger partial charge in [-0.05, 0) is 25.5 Å².